The van der Waals surface area contributed by atoms with Crippen LogP contribution in [0.2, 0.25) is 0 Å². The minimum atomic E-state index is 0.537. The predicted molar refractivity (Wildman–Crippen MR) is 227 cm³/mol. The number of para-hydroxylation sites is 3. The first-order chi connectivity index (χ1) is 27.7. The van der Waals surface area contributed by atoms with Crippen LogP contribution in [0, 0.1) is 0 Å². The second-order valence-corrected chi connectivity index (χ2v) is 14.0. The van der Waals surface area contributed by atoms with Crippen molar-refractivity contribution in [3.05, 3.63) is 188 Å². The highest BCUT2D eigenvalue weighted by Gasteiger charge is 2.19. The van der Waals surface area contributed by atoms with Crippen LogP contribution < -0.4 is 0 Å². The Kier molecular flexibility index (Phi) is 7.42. The largest absolute Gasteiger partial charge is 0.456 e. The van der Waals surface area contributed by atoms with Crippen LogP contribution in [0.15, 0.2) is 197 Å². The molecule has 56 heavy (non-hydrogen) atoms. The van der Waals surface area contributed by atoms with Crippen molar-refractivity contribution in [3.8, 4) is 67.5 Å². The van der Waals surface area contributed by atoms with E-state index in [1.54, 1.807) is 0 Å². The molecule has 0 aliphatic heterocycles. The molecule has 8 aromatic carbocycles. The summed E-state index contributed by atoms with van der Waals surface area (Å²) in [4.78, 5) is 15.2. The first-order valence-corrected chi connectivity index (χ1v) is 18.7. The van der Waals surface area contributed by atoms with Gasteiger partial charge in [0.25, 0.3) is 0 Å². The molecule has 0 aliphatic carbocycles. The van der Waals surface area contributed by atoms with Crippen molar-refractivity contribution in [2.45, 2.75) is 0 Å². The Morgan fingerprint density at radius 3 is 1.45 bits per heavy atom. The molecule has 0 bridgehead atoms. The lowest BCUT2D eigenvalue weighted by Crippen LogP contribution is -2.00. The van der Waals surface area contributed by atoms with Crippen LogP contribution in [0.3, 0.4) is 0 Å². The van der Waals surface area contributed by atoms with Crippen LogP contribution in [0.25, 0.3) is 111 Å². The molecule has 0 aliphatic rings. The van der Waals surface area contributed by atoms with Gasteiger partial charge in [0.15, 0.2) is 17.5 Å². The molecule has 3 aromatic heterocycles. The zero-order valence-corrected chi connectivity index (χ0v) is 30.1. The average Bonchev–Trinajstić information content (AvgIpc) is 3.85. The quantitative estimate of drug-likeness (QED) is 0.171. The Morgan fingerprint density at radius 1 is 0.268 bits per heavy atom. The van der Waals surface area contributed by atoms with Crippen molar-refractivity contribution in [3.63, 3.8) is 0 Å². The van der Waals surface area contributed by atoms with E-state index in [0.29, 0.717) is 17.5 Å². The van der Waals surface area contributed by atoms with Crippen LogP contribution in [0.5, 0.6) is 0 Å². The molecular weight excluding hydrogens is 687 g/mol. The summed E-state index contributed by atoms with van der Waals surface area (Å²) in [6.45, 7) is 0. The summed E-state index contributed by atoms with van der Waals surface area (Å²) in [5.41, 5.74) is 12.7. The van der Waals surface area contributed by atoms with Gasteiger partial charge in [0.05, 0.1) is 5.56 Å². The summed E-state index contributed by atoms with van der Waals surface area (Å²) < 4.78 is 12.7. The number of nitrogens with zero attached hydrogens (tertiary/aromatic N) is 3. The lowest BCUT2D eigenvalue weighted by atomic mass is 9.97. The summed E-state index contributed by atoms with van der Waals surface area (Å²) in [5.74, 6) is 1.66. The Hall–Kier alpha value is -7.63. The molecule has 262 valence electrons. The van der Waals surface area contributed by atoms with Crippen LogP contribution in [-0.2, 0) is 0 Å². The highest BCUT2D eigenvalue weighted by molar-refractivity contribution is 6.09. The second-order valence-electron chi connectivity index (χ2n) is 14.0. The van der Waals surface area contributed by atoms with Crippen molar-refractivity contribution in [1.82, 2.24) is 15.0 Å². The minimum Gasteiger partial charge on any atom is -0.456 e. The molecule has 0 N–H and O–H groups in total. The first-order valence-electron chi connectivity index (χ1n) is 18.7. The van der Waals surface area contributed by atoms with Crippen LogP contribution in [-0.4, -0.2) is 15.0 Å². The van der Waals surface area contributed by atoms with Gasteiger partial charge in [0.2, 0.25) is 0 Å². The third-order valence-corrected chi connectivity index (χ3v) is 10.6. The van der Waals surface area contributed by atoms with Gasteiger partial charge in [-0.25, -0.2) is 15.0 Å². The number of benzene rings is 8. The number of furan rings is 2. The van der Waals surface area contributed by atoms with Crippen molar-refractivity contribution < 1.29 is 8.83 Å². The zero-order valence-electron chi connectivity index (χ0n) is 30.1. The number of hydrogen-bond donors (Lipinski definition) is 0. The van der Waals surface area contributed by atoms with Gasteiger partial charge in [-0.3, -0.25) is 0 Å². The lowest BCUT2D eigenvalue weighted by molar-refractivity contribution is 0.668. The van der Waals surface area contributed by atoms with E-state index in [1.165, 1.54) is 22.3 Å². The molecule has 0 amide bonds. The molecule has 5 heteroatoms. The molecule has 11 rings (SSSR count). The van der Waals surface area contributed by atoms with Gasteiger partial charge in [-0.05, 0) is 69.8 Å². The molecule has 0 atom stereocenters. The molecule has 0 spiro atoms. The zero-order chi connectivity index (χ0) is 37.0. The van der Waals surface area contributed by atoms with E-state index in [4.69, 9.17) is 23.8 Å². The summed E-state index contributed by atoms with van der Waals surface area (Å²) in [6, 6.07) is 64.8. The first kappa shape index (κ1) is 31.9. The normalized spacial score (nSPS) is 11.6. The monoisotopic (exact) mass is 717 g/mol. The predicted octanol–water partition coefficient (Wildman–Crippen LogP) is 13.7. The Labute approximate surface area is 322 Å². The smallest absolute Gasteiger partial charge is 0.167 e. The van der Waals surface area contributed by atoms with Gasteiger partial charge in [-0.15, -0.1) is 0 Å². The molecule has 0 unspecified atom stereocenters. The van der Waals surface area contributed by atoms with Gasteiger partial charge in [-0.2, -0.15) is 0 Å². The molecule has 5 nitrogen and oxygen atoms in total. The molecule has 0 radical (unpaired) electrons. The summed E-state index contributed by atoms with van der Waals surface area (Å²) in [5, 5.41) is 4.20. The fraction of sp³-hybridized carbons (Fsp3) is 0. The average molecular weight is 718 g/mol. The molecule has 0 fully saturated rings. The summed E-state index contributed by atoms with van der Waals surface area (Å²) in [7, 11) is 0. The number of hydrogen-bond acceptors (Lipinski definition) is 5. The van der Waals surface area contributed by atoms with E-state index < -0.39 is 0 Å². The molecular formula is C51H31N3O2. The van der Waals surface area contributed by atoms with Gasteiger partial charge >= 0.3 is 0 Å². The maximum absolute atomic E-state index is 6.43. The fourth-order valence-corrected chi connectivity index (χ4v) is 7.72. The Morgan fingerprint density at radius 2 is 0.732 bits per heavy atom. The SMILES string of the molecule is c1ccc(-c2cccc(-c3ccc(-c4ccc(-c5nc(-c6ccc7c(c6)oc6ccccc67)nc(-c6cccc7c6oc6ccccc67)n5)cc4)cc3)c2)cc1. The maximum atomic E-state index is 6.43. The Bertz CT molecular complexity index is 3230. The number of fused-ring (bicyclic) bond motifs is 6. The van der Waals surface area contributed by atoms with E-state index in [2.05, 4.69) is 127 Å². The van der Waals surface area contributed by atoms with Crippen molar-refractivity contribution >= 4 is 43.9 Å². The number of aromatic nitrogens is 3. The third-order valence-electron chi connectivity index (χ3n) is 10.6. The van der Waals surface area contributed by atoms with Gasteiger partial charge in [-0.1, -0.05) is 152 Å². The fourth-order valence-electron chi connectivity index (χ4n) is 7.72. The van der Waals surface area contributed by atoms with Crippen LogP contribution >= 0.6 is 0 Å². The van der Waals surface area contributed by atoms with E-state index in [-0.39, 0.29) is 0 Å². The van der Waals surface area contributed by atoms with E-state index in [9.17, 15) is 0 Å². The topological polar surface area (TPSA) is 65.0 Å². The molecule has 0 saturated heterocycles. The minimum absolute atomic E-state index is 0.537. The standard InChI is InChI=1S/C51H31N3O2/c1-2-10-32(11-3-1)37-12-8-13-38(30-37)35-22-20-33(21-23-35)34-24-26-36(27-25-34)49-52-50(39-28-29-42-40-14-4-6-18-45(40)55-47(42)31-39)54-51(53-49)44-17-9-16-43-41-15-5-7-19-46(41)56-48(43)44/h1-31H. The van der Waals surface area contributed by atoms with Crippen molar-refractivity contribution in [1.29, 1.82) is 0 Å². The van der Waals surface area contributed by atoms with Gasteiger partial charge in [0, 0.05) is 32.7 Å². The van der Waals surface area contributed by atoms with Crippen LogP contribution in [0.1, 0.15) is 0 Å². The van der Waals surface area contributed by atoms with Crippen LogP contribution in [0.4, 0.5) is 0 Å². The highest BCUT2D eigenvalue weighted by Crippen LogP contribution is 2.37. The third kappa shape index (κ3) is 5.53. The van der Waals surface area contributed by atoms with Gasteiger partial charge in [0.1, 0.15) is 22.3 Å². The van der Waals surface area contributed by atoms with E-state index >= 15 is 0 Å². The van der Waals surface area contributed by atoms with Crippen molar-refractivity contribution in [2.75, 3.05) is 0 Å². The van der Waals surface area contributed by atoms with E-state index in [0.717, 1.165) is 71.7 Å². The maximum Gasteiger partial charge on any atom is 0.167 e. The molecule has 3 heterocycles. The molecule has 11 aromatic rings. The van der Waals surface area contributed by atoms with Gasteiger partial charge < -0.3 is 8.83 Å². The summed E-state index contributed by atoms with van der Waals surface area (Å²) in [6.07, 6.45) is 0. The highest BCUT2D eigenvalue weighted by atomic mass is 16.3. The molecule has 0 saturated carbocycles. The lowest BCUT2D eigenvalue weighted by Gasteiger charge is -2.10. The van der Waals surface area contributed by atoms with Crippen molar-refractivity contribution in [2.24, 2.45) is 0 Å². The summed E-state index contributed by atoms with van der Waals surface area (Å²) >= 11 is 0. The second kappa shape index (κ2) is 13.0. The Balaban J connectivity index is 0.979. The number of rotatable bonds is 6. The van der Waals surface area contributed by atoms with E-state index in [1.807, 2.05) is 60.7 Å².